The van der Waals surface area contributed by atoms with Gasteiger partial charge >= 0.3 is 0 Å². The average molecular weight is 422 g/mol. The number of benzene rings is 3. The number of nitrogens with one attached hydrogen (secondary N) is 2. The maximum absolute atomic E-state index is 12.8. The Morgan fingerprint density at radius 2 is 1.56 bits per heavy atom. The van der Waals surface area contributed by atoms with Crippen molar-refractivity contribution in [2.24, 2.45) is 0 Å². The van der Waals surface area contributed by atoms with Crippen LogP contribution in [0.1, 0.15) is 15.9 Å². The highest BCUT2D eigenvalue weighted by atomic mass is 35.6. The molecule has 3 aromatic rings. The van der Waals surface area contributed by atoms with Gasteiger partial charge in [-0.3, -0.25) is 10.1 Å². The van der Waals surface area contributed by atoms with Gasteiger partial charge in [-0.25, -0.2) is 0 Å². The Hall–Kier alpha value is -1.78. The predicted octanol–water partition coefficient (Wildman–Crippen LogP) is 5.10. The summed E-state index contributed by atoms with van der Waals surface area (Å²) in [5, 5.41) is 7.77. The largest absolute Gasteiger partial charge is 0.333 e. The van der Waals surface area contributed by atoms with Crippen molar-refractivity contribution in [2.75, 3.05) is 6.54 Å². The Kier molecular flexibility index (Phi) is 6.61. The molecule has 3 aromatic carbocycles. The van der Waals surface area contributed by atoms with Crippen LogP contribution in [0.4, 0.5) is 0 Å². The van der Waals surface area contributed by atoms with Crippen LogP contribution < -0.4 is 10.6 Å². The molecule has 140 valence electrons. The lowest BCUT2D eigenvalue weighted by atomic mass is 10.0. The van der Waals surface area contributed by atoms with Crippen molar-refractivity contribution >= 4 is 51.5 Å². The number of amides is 1. The number of hydrogen-bond acceptors (Lipinski definition) is 2. The number of carbonyl (C=O) groups is 1. The second-order valence-corrected chi connectivity index (χ2v) is 8.53. The Bertz CT molecular complexity index is 905. The van der Waals surface area contributed by atoms with Gasteiger partial charge < -0.3 is 5.32 Å². The van der Waals surface area contributed by atoms with Gasteiger partial charge in [0.2, 0.25) is 3.79 Å². The van der Waals surface area contributed by atoms with Crippen LogP contribution in [0.5, 0.6) is 0 Å². The number of alkyl halides is 3. The minimum Gasteiger partial charge on any atom is -0.333 e. The SMILES string of the molecule is O=C(NC(NCCc1ccccc1)C(Cl)(Cl)Cl)c1cccc2ccccc12. The topological polar surface area (TPSA) is 41.1 Å². The average Bonchev–Trinajstić information content (AvgIpc) is 2.66. The van der Waals surface area contributed by atoms with Crippen LogP contribution in [0.25, 0.3) is 10.8 Å². The van der Waals surface area contributed by atoms with E-state index >= 15 is 0 Å². The molecule has 1 amide bonds. The molecule has 0 saturated carbocycles. The van der Waals surface area contributed by atoms with Crippen LogP contribution in [-0.2, 0) is 6.42 Å². The molecule has 0 saturated heterocycles. The van der Waals surface area contributed by atoms with Crippen molar-refractivity contribution in [3.63, 3.8) is 0 Å². The summed E-state index contributed by atoms with van der Waals surface area (Å²) in [6.45, 7) is 0.554. The van der Waals surface area contributed by atoms with Crippen molar-refractivity contribution < 1.29 is 4.79 Å². The summed E-state index contributed by atoms with van der Waals surface area (Å²) in [6, 6.07) is 23.2. The molecule has 0 aliphatic carbocycles. The molecule has 1 unspecified atom stereocenters. The molecule has 0 aliphatic rings. The molecular formula is C21H19Cl3N2O. The second kappa shape index (κ2) is 8.94. The zero-order valence-corrected chi connectivity index (χ0v) is 16.7. The summed E-state index contributed by atoms with van der Waals surface area (Å²) in [5.41, 5.74) is 1.70. The molecule has 0 aromatic heterocycles. The van der Waals surface area contributed by atoms with E-state index in [0.29, 0.717) is 12.1 Å². The fraction of sp³-hybridized carbons (Fsp3) is 0.190. The highest BCUT2D eigenvalue weighted by molar-refractivity contribution is 6.68. The van der Waals surface area contributed by atoms with Gasteiger partial charge in [0.25, 0.3) is 5.91 Å². The van der Waals surface area contributed by atoms with Gasteiger partial charge in [-0.2, -0.15) is 0 Å². The lowest BCUT2D eigenvalue weighted by Crippen LogP contribution is -2.53. The van der Waals surface area contributed by atoms with E-state index in [9.17, 15) is 4.79 Å². The number of carbonyl (C=O) groups excluding carboxylic acids is 1. The van der Waals surface area contributed by atoms with Crippen LogP contribution in [-0.4, -0.2) is 22.4 Å². The van der Waals surface area contributed by atoms with Crippen LogP contribution >= 0.6 is 34.8 Å². The van der Waals surface area contributed by atoms with Crippen molar-refractivity contribution in [1.82, 2.24) is 10.6 Å². The molecular weight excluding hydrogens is 403 g/mol. The lowest BCUT2D eigenvalue weighted by molar-refractivity contribution is 0.0931. The number of hydrogen-bond donors (Lipinski definition) is 2. The van der Waals surface area contributed by atoms with E-state index in [1.54, 1.807) is 6.07 Å². The summed E-state index contributed by atoms with van der Waals surface area (Å²) in [4.78, 5) is 12.8. The standard InChI is InChI=1S/C21H19Cl3N2O/c22-21(23,24)20(25-14-13-15-7-2-1-3-8-15)26-19(27)18-12-6-10-16-9-4-5-11-17(16)18/h1-12,20,25H,13-14H2,(H,26,27). The first-order chi connectivity index (χ1) is 12.9. The number of halogens is 3. The van der Waals surface area contributed by atoms with E-state index < -0.39 is 9.96 Å². The van der Waals surface area contributed by atoms with E-state index in [1.165, 1.54) is 0 Å². The molecule has 1 atom stereocenters. The first-order valence-electron chi connectivity index (χ1n) is 8.58. The van der Waals surface area contributed by atoms with Gasteiger partial charge in [-0.15, -0.1) is 0 Å². The van der Waals surface area contributed by atoms with Gasteiger partial charge in [0.05, 0.1) is 0 Å². The third-order valence-electron chi connectivity index (χ3n) is 4.24. The highest BCUT2D eigenvalue weighted by Gasteiger charge is 2.33. The van der Waals surface area contributed by atoms with Gasteiger partial charge in [-0.05, 0) is 28.8 Å². The third-order valence-corrected chi connectivity index (χ3v) is 4.90. The van der Waals surface area contributed by atoms with Gasteiger partial charge in [-0.1, -0.05) is 102 Å². The third kappa shape index (κ3) is 5.36. The normalized spacial score (nSPS) is 12.7. The molecule has 0 spiro atoms. The summed E-state index contributed by atoms with van der Waals surface area (Å²) in [7, 11) is 0. The van der Waals surface area contributed by atoms with E-state index in [-0.39, 0.29) is 5.91 Å². The molecule has 3 nitrogen and oxygen atoms in total. The fourth-order valence-corrected chi connectivity index (χ4v) is 3.28. The van der Waals surface area contributed by atoms with Crippen molar-refractivity contribution in [1.29, 1.82) is 0 Å². The minimum absolute atomic E-state index is 0.296. The van der Waals surface area contributed by atoms with E-state index in [1.807, 2.05) is 66.7 Å². The Morgan fingerprint density at radius 1 is 0.889 bits per heavy atom. The van der Waals surface area contributed by atoms with Crippen molar-refractivity contribution in [3.8, 4) is 0 Å². The van der Waals surface area contributed by atoms with Crippen LogP contribution in [0, 0.1) is 0 Å². The molecule has 2 N–H and O–H groups in total. The highest BCUT2D eigenvalue weighted by Crippen LogP contribution is 2.29. The maximum atomic E-state index is 12.8. The molecule has 0 bridgehead atoms. The van der Waals surface area contributed by atoms with Gasteiger partial charge in [0.1, 0.15) is 6.17 Å². The molecule has 6 heteroatoms. The smallest absolute Gasteiger partial charge is 0.253 e. The minimum atomic E-state index is -1.68. The van der Waals surface area contributed by atoms with Crippen LogP contribution in [0.3, 0.4) is 0 Å². The fourth-order valence-electron chi connectivity index (χ4n) is 2.89. The molecule has 0 radical (unpaired) electrons. The quantitative estimate of drug-likeness (QED) is 0.429. The van der Waals surface area contributed by atoms with Crippen molar-refractivity contribution in [2.45, 2.75) is 16.4 Å². The number of rotatable bonds is 6. The van der Waals surface area contributed by atoms with Crippen LogP contribution in [0.15, 0.2) is 72.8 Å². The second-order valence-electron chi connectivity index (χ2n) is 6.16. The van der Waals surface area contributed by atoms with Gasteiger partial charge in [0.15, 0.2) is 0 Å². The Balaban J connectivity index is 1.71. The first-order valence-corrected chi connectivity index (χ1v) is 9.71. The van der Waals surface area contributed by atoms with E-state index in [2.05, 4.69) is 10.6 Å². The molecule has 3 rings (SSSR count). The zero-order chi connectivity index (χ0) is 19.3. The molecule has 0 aliphatic heterocycles. The zero-order valence-electron chi connectivity index (χ0n) is 14.5. The molecule has 27 heavy (non-hydrogen) atoms. The van der Waals surface area contributed by atoms with E-state index in [4.69, 9.17) is 34.8 Å². The maximum Gasteiger partial charge on any atom is 0.253 e. The van der Waals surface area contributed by atoms with Crippen LogP contribution in [0.2, 0.25) is 0 Å². The number of fused-ring (bicyclic) bond motifs is 1. The summed E-state index contributed by atoms with van der Waals surface area (Å²) in [5.74, 6) is -0.296. The first kappa shape index (κ1) is 20.0. The lowest BCUT2D eigenvalue weighted by Gasteiger charge is -2.27. The van der Waals surface area contributed by atoms with Gasteiger partial charge in [0, 0.05) is 12.1 Å². The monoisotopic (exact) mass is 420 g/mol. The Morgan fingerprint density at radius 3 is 2.30 bits per heavy atom. The predicted molar refractivity (Wildman–Crippen MR) is 114 cm³/mol. The molecule has 0 fully saturated rings. The van der Waals surface area contributed by atoms with E-state index in [0.717, 1.165) is 22.8 Å². The summed E-state index contributed by atoms with van der Waals surface area (Å²) >= 11 is 18.3. The summed E-state index contributed by atoms with van der Waals surface area (Å²) < 4.78 is -1.68. The summed E-state index contributed by atoms with van der Waals surface area (Å²) in [6.07, 6.45) is -0.0694. The van der Waals surface area contributed by atoms with Crippen molar-refractivity contribution in [3.05, 3.63) is 83.9 Å². The Labute approximate surface area is 173 Å². The molecule has 0 heterocycles.